The number of nitrogens with zero attached hydrogens (tertiary/aromatic N) is 3. The number of hydrogen-bond acceptors (Lipinski definition) is 4. The number of benzene rings is 3. The first kappa shape index (κ1) is 22.7. The van der Waals surface area contributed by atoms with E-state index < -0.39 is 5.97 Å². The van der Waals surface area contributed by atoms with Crippen molar-refractivity contribution >= 4 is 17.1 Å². The third-order valence-electron chi connectivity index (χ3n) is 5.46. The third kappa shape index (κ3) is 4.81. The normalized spacial score (nSPS) is 12.0. The number of carboxylic acid groups (broad SMARTS) is 1. The maximum atomic E-state index is 11.4. The monoisotopic (exact) mass is 451 g/mol. The highest BCUT2D eigenvalue weighted by Crippen LogP contribution is 2.27. The predicted octanol–water partition coefficient (Wildman–Crippen LogP) is 6.15. The Hall–Kier alpha value is -4.45. The van der Waals surface area contributed by atoms with Crippen LogP contribution in [0.4, 0.5) is 0 Å². The first-order chi connectivity index (χ1) is 16.5. The Balaban J connectivity index is 1.78. The summed E-state index contributed by atoms with van der Waals surface area (Å²) in [5.41, 5.74) is 4.64. The molecule has 0 aliphatic rings. The van der Waals surface area contributed by atoms with Crippen LogP contribution in [0.5, 0.6) is 5.75 Å². The van der Waals surface area contributed by atoms with E-state index in [1.165, 1.54) is 0 Å². The summed E-state index contributed by atoms with van der Waals surface area (Å²) in [6, 6.07) is 24.5. The standard InChI is InChI=1S/C28H25N3O3/c1-4-20(17-19(2)22-11-8-12-23(18-22)28(32)33)26-29-27(21-9-6-5-7-10-21)31(30-26)24-13-15-25(34-3)16-14-24/h4-18H,1-3H3,(H,32,33)/b19-17+,20-4+. The zero-order valence-corrected chi connectivity index (χ0v) is 19.3. The zero-order valence-electron chi connectivity index (χ0n) is 19.3. The molecule has 6 heteroatoms. The molecule has 0 radical (unpaired) electrons. The number of hydrogen-bond donors (Lipinski definition) is 1. The maximum Gasteiger partial charge on any atom is 0.335 e. The predicted molar refractivity (Wildman–Crippen MR) is 134 cm³/mol. The fourth-order valence-corrected chi connectivity index (χ4v) is 3.60. The second-order valence-electron chi connectivity index (χ2n) is 7.69. The van der Waals surface area contributed by atoms with Crippen molar-refractivity contribution in [2.75, 3.05) is 7.11 Å². The van der Waals surface area contributed by atoms with Crippen molar-refractivity contribution in [3.63, 3.8) is 0 Å². The summed E-state index contributed by atoms with van der Waals surface area (Å²) >= 11 is 0. The Kier molecular flexibility index (Phi) is 6.69. The van der Waals surface area contributed by atoms with Gasteiger partial charge in [0.2, 0.25) is 0 Å². The fraction of sp³-hybridized carbons (Fsp3) is 0.107. The molecular formula is C28H25N3O3. The molecule has 0 spiro atoms. The van der Waals surface area contributed by atoms with E-state index in [1.807, 2.05) is 91.3 Å². The molecule has 0 amide bonds. The molecule has 34 heavy (non-hydrogen) atoms. The van der Waals surface area contributed by atoms with Crippen LogP contribution >= 0.6 is 0 Å². The SMILES string of the molecule is C/C=C(\C=C(/C)c1cccc(C(=O)O)c1)c1nc(-c2ccccc2)n(-c2ccc(OC)cc2)n1. The Morgan fingerprint density at radius 1 is 0.971 bits per heavy atom. The van der Waals surface area contributed by atoms with Crippen molar-refractivity contribution in [2.45, 2.75) is 13.8 Å². The maximum absolute atomic E-state index is 11.4. The first-order valence-corrected chi connectivity index (χ1v) is 10.9. The van der Waals surface area contributed by atoms with Gasteiger partial charge in [-0.3, -0.25) is 0 Å². The molecule has 4 rings (SSSR count). The molecule has 0 saturated carbocycles. The Bertz CT molecular complexity index is 1370. The highest BCUT2D eigenvalue weighted by atomic mass is 16.5. The van der Waals surface area contributed by atoms with Gasteiger partial charge < -0.3 is 9.84 Å². The molecule has 0 atom stereocenters. The topological polar surface area (TPSA) is 77.2 Å². The van der Waals surface area contributed by atoms with E-state index in [1.54, 1.807) is 25.3 Å². The smallest absolute Gasteiger partial charge is 0.335 e. The Labute approximate surface area is 198 Å². The van der Waals surface area contributed by atoms with Crippen molar-refractivity contribution < 1.29 is 14.6 Å². The van der Waals surface area contributed by atoms with E-state index in [9.17, 15) is 9.90 Å². The molecule has 0 aliphatic heterocycles. The van der Waals surface area contributed by atoms with Gasteiger partial charge in [0.25, 0.3) is 0 Å². The number of methoxy groups -OCH3 is 1. The van der Waals surface area contributed by atoms with Gasteiger partial charge in [0.1, 0.15) is 5.75 Å². The van der Waals surface area contributed by atoms with E-state index in [4.69, 9.17) is 14.8 Å². The van der Waals surface area contributed by atoms with Gasteiger partial charge in [-0.15, -0.1) is 5.10 Å². The van der Waals surface area contributed by atoms with Crippen molar-refractivity contribution in [3.8, 4) is 22.8 Å². The van der Waals surface area contributed by atoms with Crippen molar-refractivity contribution in [2.24, 2.45) is 0 Å². The van der Waals surface area contributed by atoms with E-state index in [2.05, 4.69) is 0 Å². The van der Waals surface area contributed by atoms with Crippen LogP contribution in [-0.4, -0.2) is 33.0 Å². The summed E-state index contributed by atoms with van der Waals surface area (Å²) in [5, 5.41) is 14.2. The lowest BCUT2D eigenvalue weighted by atomic mass is 10.0. The third-order valence-corrected chi connectivity index (χ3v) is 5.46. The second kappa shape index (κ2) is 10.0. The van der Waals surface area contributed by atoms with Gasteiger partial charge in [-0.1, -0.05) is 48.5 Å². The van der Waals surface area contributed by atoms with Crippen LogP contribution in [-0.2, 0) is 0 Å². The number of rotatable bonds is 7. The van der Waals surface area contributed by atoms with Crippen LogP contribution in [0, 0.1) is 0 Å². The lowest BCUT2D eigenvalue weighted by Gasteiger charge is -2.07. The summed E-state index contributed by atoms with van der Waals surface area (Å²) in [6.07, 6.45) is 3.93. The molecule has 6 nitrogen and oxygen atoms in total. The zero-order chi connectivity index (χ0) is 24.1. The van der Waals surface area contributed by atoms with Crippen LogP contribution in [0.2, 0.25) is 0 Å². The van der Waals surface area contributed by atoms with Crippen LogP contribution in [0.25, 0.3) is 28.2 Å². The highest BCUT2D eigenvalue weighted by Gasteiger charge is 2.16. The number of aromatic carboxylic acids is 1. The van der Waals surface area contributed by atoms with Crippen molar-refractivity contribution in [1.29, 1.82) is 0 Å². The van der Waals surface area contributed by atoms with Gasteiger partial charge in [-0.05, 0) is 67.5 Å². The van der Waals surface area contributed by atoms with Crippen LogP contribution in [0.1, 0.15) is 35.6 Å². The molecule has 0 unspecified atom stereocenters. The summed E-state index contributed by atoms with van der Waals surface area (Å²) in [4.78, 5) is 16.2. The first-order valence-electron chi connectivity index (χ1n) is 10.9. The number of ether oxygens (including phenoxy) is 1. The molecule has 0 aliphatic carbocycles. The van der Waals surface area contributed by atoms with Gasteiger partial charge in [0.15, 0.2) is 11.6 Å². The minimum Gasteiger partial charge on any atom is -0.497 e. The average Bonchev–Trinajstić information content (AvgIpc) is 3.33. The molecule has 4 aromatic rings. The lowest BCUT2D eigenvalue weighted by Crippen LogP contribution is -2.00. The number of carbonyl (C=O) groups is 1. The van der Waals surface area contributed by atoms with Gasteiger partial charge >= 0.3 is 5.97 Å². The minimum absolute atomic E-state index is 0.251. The molecule has 0 fully saturated rings. The molecule has 170 valence electrons. The minimum atomic E-state index is -0.951. The summed E-state index contributed by atoms with van der Waals surface area (Å²) in [6.45, 7) is 3.88. The molecular weight excluding hydrogens is 426 g/mol. The van der Waals surface area contributed by atoms with Crippen molar-refractivity contribution in [1.82, 2.24) is 14.8 Å². The molecule has 1 N–H and O–H groups in total. The van der Waals surface area contributed by atoms with Gasteiger partial charge in [0.05, 0.1) is 18.4 Å². The fourth-order valence-electron chi connectivity index (χ4n) is 3.60. The lowest BCUT2D eigenvalue weighted by molar-refractivity contribution is 0.0697. The van der Waals surface area contributed by atoms with Gasteiger partial charge in [-0.25, -0.2) is 14.5 Å². The Morgan fingerprint density at radius 2 is 1.68 bits per heavy atom. The molecule has 1 heterocycles. The average molecular weight is 452 g/mol. The summed E-state index contributed by atoms with van der Waals surface area (Å²) in [7, 11) is 1.64. The number of allylic oxidation sites excluding steroid dienone is 4. The van der Waals surface area contributed by atoms with Crippen LogP contribution in [0.3, 0.4) is 0 Å². The molecule has 0 bridgehead atoms. The van der Waals surface area contributed by atoms with Crippen LogP contribution in [0.15, 0.2) is 91.0 Å². The molecule has 1 aromatic heterocycles. The molecule has 0 saturated heterocycles. The largest absolute Gasteiger partial charge is 0.497 e. The van der Waals surface area contributed by atoms with E-state index in [0.29, 0.717) is 5.82 Å². The second-order valence-corrected chi connectivity index (χ2v) is 7.69. The van der Waals surface area contributed by atoms with Gasteiger partial charge in [0, 0.05) is 11.1 Å². The Morgan fingerprint density at radius 3 is 2.32 bits per heavy atom. The highest BCUT2D eigenvalue weighted by molar-refractivity contribution is 5.89. The van der Waals surface area contributed by atoms with E-state index >= 15 is 0 Å². The number of aromatic nitrogens is 3. The van der Waals surface area contributed by atoms with E-state index in [0.717, 1.165) is 39.5 Å². The number of carboxylic acids is 1. The quantitative estimate of drug-likeness (QED) is 0.341. The summed E-state index contributed by atoms with van der Waals surface area (Å²) in [5.74, 6) is 1.11. The van der Waals surface area contributed by atoms with Crippen LogP contribution < -0.4 is 4.74 Å². The molecule has 3 aromatic carbocycles. The van der Waals surface area contributed by atoms with Gasteiger partial charge in [-0.2, -0.15) is 0 Å². The summed E-state index contributed by atoms with van der Waals surface area (Å²) < 4.78 is 7.11. The van der Waals surface area contributed by atoms with E-state index in [-0.39, 0.29) is 5.56 Å². The van der Waals surface area contributed by atoms with Crippen molar-refractivity contribution in [3.05, 3.63) is 108 Å².